The first-order valence-corrected chi connectivity index (χ1v) is 12.5. The molecule has 0 aliphatic heterocycles. The number of carbonyl (C=O) groups is 2. The highest BCUT2D eigenvalue weighted by molar-refractivity contribution is 5.70. The van der Waals surface area contributed by atoms with Gasteiger partial charge < -0.3 is 9.47 Å². The lowest BCUT2D eigenvalue weighted by atomic mass is 10.1. The van der Waals surface area contributed by atoms with Crippen LogP contribution in [0.3, 0.4) is 0 Å². The summed E-state index contributed by atoms with van der Waals surface area (Å²) >= 11 is 0. The molecule has 4 nitrogen and oxygen atoms in total. The van der Waals surface area contributed by atoms with Crippen molar-refractivity contribution < 1.29 is 19.1 Å². The molecule has 0 saturated heterocycles. The van der Waals surface area contributed by atoms with Gasteiger partial charge in [0.05, 0.1) is 6.61 Å². The second-order valence-corrected chi connectivity index (χ2v) is 8.30. The van der Waals surface area contributed by atoms with E-state index in [-0.39, 0.29) is 18.0 Å². The fourth-order valence-corrected chi connectivity index (χ4v) is 3.54. The average Bonchev–Trinajstić information content (AvgIpc) is 2.70. The molecule has 0 atom stereocenters. The minimum absolute atomic E-state index is 0.0588. The molecule has 29 heavy (non-hydrogen) atoms. The van der Waals surface area contributed by atoms with Crippen LogP contribution in [0, 0.1) is 0 Å². The predicted molar refractivity (Wildman–Crippen MR) is 121 cm³/mol. The quantitative estimate of drug-likeness (QED) is 0.144. The van der Waals surface area contributed by atoms with Gasteiger partial charge in [-0.15, -0.1) is 0 Å². The Kier molecular flexibility index (Phi) is 20.9. The van der Waals surface area contributed by atoms with Crippen LogP contribution in [-0.2, 0) is 19.1 Å². The van der Waals surface area contributed by atoms with Crippen LogP contribution in [0.15, 0.2) is 0 Å². The Morgan fingerprint density at radius 2 is 1.07 bits per heavy atom. The van der Waals surface area contributed by atoms with E-state index in [2.05, 4.69) is 20.8 Å². The van der Waals surface area contributed by atoms with Gasteiger partial charge in [0, 0.05) is 12.8 Å². The van der Waals surface area contributed by atoms with Gasteiger partial charge in [0.25, 0.3) is 0 Å². The van der Waals surface area contributed by atoms with Crippen LogP contribution < -0.4 is 0 Å². The average molecular weight is 413 g/mol. The molecule has 0 aliphatic rings. The van der Waals surface area contributed by atoms with Gasteiger partial charge in [-0.05, 0) is 32.1 Å². The number of ether oxygens (including phenoxy) is 2. The first-order chi connectivity index (χ1) is 14.1. The number of unbranched alkanes of at least 4 members (excludes halogenated alkanes) is 10. The molecule has 0 N–H and O–H groups in total. The topological polar surface area (TPSA) is 52.6 Å². The van der Waals surface area contributed by atoms with Crippen molar-refractivity contribution in [1.82, 2.24) is 0 Å². The summed E-state index contributed by atoms with van der Waals surface area (Å²) in [6.45, 7) is 7.00. The van der Waals surface area contributed by atoms with E-state index in [4.69, 9.17) is 9.47 Å². The van der Waals surface area contributed by atoms with Crippen molar-refractivity contribution in [2.45, 2.75) is 142 Å². The molecule has 0 bridgehead atoms. The fourth-order valence-electron chi connectivity index (χ4n) is 3.54. The van der Waals surface area contributed by atoms with Crippen molar-refractivity contribution in [2.75, 3.05) is 6.61 Å². The molecule has 0 fully saturated rings. The highest BCUT2D eigenvalue weighted by Crippen LogP contribution is 2.13. The molecule has 0 aliphatic carbocycles. The second kappa shape index (κ2) is 21.6. The summed E-state index contributed by atoms with van der Waals surface area (Å²) in [6.07, 6.45) is 19.0. The second-order valence-electron chi connectivity index (χ2n) is 8.30. The third-order valence-corrected chi connectivity index (χ3v) is 5.29. The van der Waals surface area contributed by atoms with Crippen LogP contribution in [0.1, 0.15) is 136 Å². The third-order valence-electron chi connectivity index (χ3n) is 5.29. The fraction of sp³-hybridized carbons (Fsp3) is 0.920. The Balaban J connectivity index is 3.46. The van der Waals surface area contributed by atoms with Crippen LogP contribution in [0.2, 0.25) is 0 Å². The van der Waals surface area contributed by atoms with Gasteiger partial charge in [-0.2, -0.15) is 0 Å². The van der Waals surface area contributed by atoms with E-state index >= 15 is 0 Å². The zero-order chi connectivity index (χ0) is 21.6. The Bertz CT molecular complexity index is 375. The summed E-state index contributed by atoms with van der Waals surface area (Å²) in [5.74, 6) is -0.264. The maximum Gasteiger partial charge on any atom is 0.306 e. The van der Waals surface area contributed by atoms with Crippen molar-refractivity contribution in [3.63, 3.8) is 0 Å². The minimum Gasteiger partial charge on any atom is -0.466 e. The molecule has 0 saturated carbocycles. The largest absolute Gasteiger partial charge is 0.466 e. The minimum atomic E-state index is -0.135. The predicted octanol–water partition coefficient (Wildman–Crippen LogP) is 7.52. The lowest BCUT2D eigenvalue weighted by Gasteiger charge is -2.16. The third kappa shape index (κ3) is 20.0. The molecule has 0 radical (unpaired) electrons. The maximum absolute atomic E-state index is 11.9. The summed E-state index contributed by atoms with van der Waals surface area (Å²) in [6, 6.07) is 0. The molecule has 0 aromatic rings. The number of hydrogen-bond acceptors (Lipinski definition) is 4. The molecular formula is C25H48O4. The molecule has 0 amide bonds. The first-order valence-electron chi connectivity index (χ1n) is 12.5. The summed E-state index contributed by atoms with van der Waals surface area (Å²) < 4.78 is 10.8. The highest BCUT2D eigenvalue weighted by Gasteiger charge is 2.13. The van der Waals surface area contributed by atoms with Crippen LogP contribution in [-0.4, -0.2) is 24.6 Å². The molecule has 0 unspecified atom stereocenters. The van der Waals surface area contributed by atoms with E-state index in [0.29, 0.717) is 32.3 Å². The van der Waals surface area contributed by atoms with Crippen LogP contribution >= 0.6 is 0 Å². The molecule has 0 aromatic heterocycles. The Morgan fingerprint density at radius 3 is 1.59 bits per heavy atom. The van der Waals surface area contributed by atoms with Gasteiger partial charge in [0.2, 0.25) is 0 Å². The number of rotatable bonds is 21. The van der Waals surface area contributed by atoms with Crippen molar-refractivity contribution in [3.05, 3.63) is 0 Å². The van der Waals surface area contributed by atoms with Gasteiger partial charge in [-0.1, -0.05) is 91.4 Å². The Morgan fingerprint density at radius 1 is 0.586 bits per heavy atom. The molecule has 0 spiro atoms. The van der Waals surface area contributed by atoms with Gasteiger partial charge in [-0.25, -0.2) is 0 Å². The zero-order valence-corrected chi connectivity index (χ0v) is 19.6. The summed E-state index contributed by atoms with van der Waals surface area (Å²) in [7, 11) is 0. The van der Waals surface area contributed by atoms with Crippen LogP contribution in [0.5, 0.6) is 0 Å². The van der Waals surface area contributed by atoms with Crippen LogP contribution in [0.4, 0.5) is 0 Å². The van der Waals surface area contributed by atoms with Crippen LogP contribution in [0.25, 0.3) is 0 Å². The Labute approximate surface area is 180 Å². The first kappa shape index (κ1) is 27.9. The highest BCUT2D eigenvalue weighted by atomic mass is 16.5. The summed E-state index contributed by atoms with van der Waals surface area (Å²) in [5, 5.41) is 0. The zero-order valence-electron chi connectivity index (χ0n) is 19.6. The van der Waals surface area contributed by atoms with E-state index in [9.17, 15) is 9.59 Å². The van der Waals surface area contributed by atoms with Gasteiger partial charge >= 0.3 is 11.9 Å². The molecule has 172 valence electrons. The maximum atomic E-state index is 11.9. The summed E-state index contributed by atoms with van der Waals surface area (Å²) in [4.78, 5) is 23.7. The Hall–Kier alpha value is -1.06. The van der Waals surface area contributed by atoms with E-state index in [1.807, 2.05) is 0 Å². The van der Waals surface area contributed by atoms with E-state index in [1.54, 1.807) is 0 Å². The van der Waals surface area contributed by atoms with Gasteiger partial charge in [0.1, 0.15) is 6.10 Å². The van der Waals surface area contributed by atoms with Gasteiger partial charge in [0.15, 0.2) is 0 Å². The van der Waals surface area contributed by atoms with Crippen molar-refractivity contribution in [3.8, 4) is 0 Å². The molecule has 0 heterocycles. The monoisotopic (exact) mass is 412 g/mol. The van der Waals surface area contributed by atoms with E-state index < -0.39 is 0 Å². The molecule has 4 heteroatoms. The molecular weight excluding hydrogens is 364 g/mol. The smallest absolute Gasteiger partial charge is 0.306 e. The number of hydrogen-bond donors (Lipinski definition) is 0. The van der Waals surface area contributed by atoms with Crippen molar-refractivity contribution >= 4 is 11.9 Å². The SMILES string of the molecule is CCCCCCCCCCCCOC(=O)CCCCC(=O)OC(CCC)CCC. The van der Waals surface area contributed by atoms with Gasteiger partial charge in [-0.3, -0.25) is 9.59 Å². The number of esters is 2. The normalized spacial score (nSPS) is 11.0. The van der Waals surface area contributed by atoms with E-state index in [0.717, 1.165) is 38.5 Å². The summed E-state index contributed by atoms with van der Waals surface area (Å²) in [5.41, 5.74) is 0. The number of carbonyl (C=O) groups excluding carboxylic acids is 2. The van der Waals surface area contributed by atoms with Crippen molar-refractivity contribution in [2.24, 2.45) is 0 Å². The lowest BCUT2D eigenvalue weighted by molar-refractivity contribution is -0.150. The van der Waals surface area contributed by atoms with E-state index in [1.165, 1.54) is 51.4 Å². The van der Waals surface area contributed by atoms with Crippen molar-refractivity contribution in [1.29, 1.82) is 0 Å². The lowest BCUT2D eigenvalue weighted by Crippen LogP contribution is -2.17. The molecule has 0 rings (SSSR count). The standard InChI is InChI=1S/C25H48O4/c1-4-7-8-9-10-11-12-13-14-17-22-28-24(26)20-15-16-21-25(27)29-23(18-5-2)19-6-3/h23H,4-22H2,1-3H3. The molecule has 0 aromatic carbocycles.